The van der Waals surface area contributed by atoms with Gasteiger partial charge in [-0.05, 0) is 48.7 Å². The molecule has 1 aromatic heterocycles. The Morgan fingerprint density at radius 1 is 0.708 bits per heavy atom. The van der Waals surface area contributed by atoms with Gasteiger partial charge in [0.2, 0.25) is 0 Å². The molecular formula is C22H22N2. The number of aromatic nitrogens is 1. The number of benzene rings is 3. The highest BCUT2D eigenvalue weighted by molar-refractivity contribution is 6.08. The van der Waals surface area contributed by atoms with Crippen LogP contribution in [0.5, 0.6) is 0 Å². The molecule has 0 aliphatic rings. The molecule has 0 aliphatic carbocycles. The molecule has 0 unspecified atom stereocenters. The van der Waals surface area contributed by atoms with Crippen molar-refractivity contribution in [1.29, 1.82) is 0 Å². The lowest BCUT2D eigenvalue weighted by atomic mass is 10.1. The fraction of sp³-hybridized carbons (Fsp3) is 0.182. The summed E-state index contributed by atoms with van der Waals surface area (Å²) in [6, 6.07) is 26.2. The number of aryl methyl sites for hydroxylation is 1. The second-order valence-corrected chi connectivity index (χ2v) is 6.33. The molecule has 4 rings (SSSR count). The van der Waals surface area contributed by atoms with Gasteiger partial charge < -0.3 is 10.3 Å². The van der Waals surface area contributed by atoms with Crippen LogP contribution in [0.3, 0.4) is 0 Å². The lowest BCUT2D eigenvalue weighted by Crippen LogP contribution is -2.01. The van der Waals surface area contributed by atoms with Crippen LogP contribution in [0.25, 0.3) is 21.8 Å². The van der Waals surface area contributed by atoms with Gasteiger partial charge in [-0.25, -0.2) is 0 Å². The summed E-state index contributed by atoms with van der Waals surface area (Å²) in [4.78, 5) is 0. The number of rotatable bonds is 5. The maximum Gasteiger partial charge on any atom is 0.0494 e. The van der Waals surface area contributed by atoms with Crippen LogP contribution in [0.1, 0.15) is 17.5 Å². The van der Waals surface area contributed by atoms with Gasteiger partial charge >= 0.3 is 0 Å². The SMILES string of the molecule is NCCCc1ccc2c(c1)c1ccccc1n2Cc1ccccc1. The lowest BCUT2D eigenvalue weighted by Gasteiger charge is -2.08. The normalized spacial score (nSPS) is 11.4. The molecule has 0 saturated heterocycles. The zero-order chi connectivity index (χ0) is 16.4. The Morgan fingerprint density at radius 3 is 2.29 bits per heavy atom. The molecule has 0 amide bonds. The van der Waals surface area contributed by atoms with Gasteiger partial charge in [-0.2, -0.15) is 0 Å². The first kappa shape index (κ1) is 15.0. The zero-order valence-electron chi connectivity index (χ0n) is 13.8. The van der Waals surface area contributed by atoms with Gasteiger partial charge in [0.1, 0.15) is 0 Å². The summed E-state index contributed by atoms with van der Waals surface area (Å²) in [6.07, 6.45) is 2.08. The number of hydrogen-bond acceptors (Lipinski definition) is 1. The maximum absolute atomic E-state index is 5.67. The molecule has 0 spiro atoms. The minimum atomic E-state index is 0.744. The predicted octanol–water partition coefficient (Wildman–Crippen LogP) is 4.73. The van der Waals surface area contributed by atoms with Crippen LogP contribution >= 0.6 is 0 Å². The fourth-order valence-corrected chi connectivity index (χ4v) is 3.50. The van der Waals surface area contributed by atoms with E-state index in [0.717, 1.165) is 25.9 Å². The minimum absolute atomic E-state index is 0.744. The molecule has 2 N–H and O–H groups in total. The van der Waals surface area contributed by atoms with E-state index in [-0.39, 0.29) is 0 Å². The quantitative estimate of drug-likeness (QED) is 0.567. The Balaban J connectivity index is 1.87. The van der Waals surface area contributed by atoms with E-state index in [0.29, 0.717) is 0 Å². The smallest absolute Gasteiger partial charge is 0.0494 e. The molecule has 120 valence electrons. The molecule has 2 nitrogen and oxygen atoms in total. The Hall–Kier alpha value is -2.58. The predicted molar refractivity (Wildman–Crippen MR) is 102 cm³/mol. The maximum atomic E-state index is 5.67. The Morgan fingerprint density at radius 2 is 1.46 bits per heavy atom. The van der Waals surface area contributed by atoms with Crippen molar-refractivity contribution in [3.05, 3.63) is 83.9 Å². The van der Waals surface area contributed by atoms with Gasteiger partial charge in [0.05, 0.1) is 0 Å². The van der Waals surface area contributed by atoms with E-state index in [1.54, 1.807) is 0 Å². The summed E-state index contributed by atoms with van der Waals surface area (Å²) >= 11 is 0. The first-order chi connectivity index (χ1) is 11.9. The Kier molecular flexibility index (Phi) is 4.06. The van der Waals surface area contributed by atoms with Crippen LogP contribution < -0.4 is 5.73 Å². The molecule has 0 radical (unpaired) electrons. The molecule has 0 bridgehead atoms. The third-order valence-electron chi connectivity index (χ3n) is 4.69. The van der Waals surface area contributed by atoms with Crippen molar-refractivity contribution in [1.82, 2.24) is 4.57 Å². The van der Waals surface area contributed by atoms with Crippen LogP contribution in [0.15, 0.2) is 72.8 Å². The van der Waals surface area contributed by atoms with E-state index in [2.05, 4.69) is 77.4 Å². The van der Waals surface area contributed by atoms with Crippen LogP contribution in [-0.4, -0.2) is 11.1 Å². The summed E-state index contributed by atoms with van der Waals surface area (Å²) in [5.41, 5.74) is 11.0. The standard InChI is InChI=1S/C22H22N2/c23-14-6-9-17-12-13-22-20(15-17)19-10-4-5-11-21(19)24(22)16-18-7-2-1-3-8-18/h1-5,7-8,10-13,15H,6,9,14,16,23H2. The number of nitrogens with zero attached hydrogens (tertiary/aromatic N) is 1. The summed E-state index contributed by atoms with van der Waals surface area (Å²) < 4.78 is 2.42. The average molecular weight is 314 g/mol. The molecule has 4 aromatic rings. The summed E-state index contributed by atoms with van der Waals surface area (Å²) in [6.45, 7) is 1.64. The van der Waals surface area contributed by atoms with E-state index in [1.807, 2.05) is 0 Å². The van der Waals surface area contributed by atoms with Gasteiger partial charge in [-0.15, -0.1) is 0 Å². The van der Waals surface area contributed by atoms with E-state index >= 15 is 0 Å². The summed E-state index contributed by atoms with van der Waals surface area (Å²) in [7, 11) is 0. The van der Waals surface area contributed by atoms with Gasteiger partial charge in [0, 0.05) is 28.4 Å². The van der Waals surface area contributed by atoms with Crippen molar-refractivity contribution in [2.24, 2.45) is 5.73 Å². The van der Waals surface area contributed by atoms with Crippen molar-refractivity contribution in [2.75, 3.05) is 6.54 Å². The number of fused-ring (bicyclic) bond motifs is 3. The van der Waals surface area contributed by atoms with Crippen molar-refractivity contribution >= 4 is 21.8 Å². The zero-order valence-corrected chi connectivity index (χ0v) is 13.8. The van der Waals surface area contributed by atoms with E-state index in [1.165, 1.54) is 32.9 Å². The Labute approximate surface area is 142 Å². The van der Waals surface area contributed by atoms with Crippen molar-refractivity contribution < 1.29 is 0 Å². The van der Waals surface area contributed by atoms with Crippen molar-refractivity contribution in [3.8, 4) is 0 Å². The van der Waals surface area contributed by atoms with Crippen LogP contribution in [0.4, 0.5) is 0 Å². The largest absolute Gasteiger partial charge is 0.336 e. The molecule has 2 heteroatoms. The van der Waals surface area contributed by atoms with E-state index in [9.17, 15) is 0 Å². The van der Waals surface area contributed by atoms with Crippen LogP contribution in [0.2, 0.25) is 0 Å². The number of hydrogen-bond donors (Lipinski definition) is 1. The van der Waals surface area contributed by atoms with Crippen LogP contribution in [0, 0.1) is 0 Å². The third kappa shape index (κ3) is 2.70. The average Bonchev–Trinajstić information content (AvgIpc) is 2.94. The van der Waals surface area contributed by atoms with Gasteiger partial charge in [-0.1, -0.05) is 54.6 Å². The first-order valence-corrected chi connectivity index (χ1v) is 8.60. The number of para-hydroxylation sites is 1. The molecule has 0 saturated carbocycles. The monoisotopic (exact) mass is 314 g/mol. The Bertz CT molecular complexity index is 967. The second kappa shape index (κ2) is 6.50. The highest BCUT2D eigenvalue weighted by atomic mass is 15.0. The minimum Gasteiger partial charge on any atom is -0.336 e. The summed E-state index contributed by atoms with van der Waals surface area (Å²) in [5, 5.41) is 2.68. The molecule has 24 heavy (non-hydrogen) atoms. The highest BCUT2D eigenvalue weighted by Crippen LogP contribution is 2.30. The fourth-order valence-electron chi connectivity index (χ4n) is 3.50. The molecule has 0 atom stereocenters. The molecule has 0 fully saturated rings. The molecular weight excluding hydrogens is 292 g/mol. The molecule has 1 heterocycles. The number of nitrogens with two attached hydrogens (primary N) is 1. The summed E-state index contributed by atoms with van der Waals surface area (Å²) in [5.74, 6) is 0. The topological polar surface area (TPSA) is 30.9 Å². The highest BCUT2D eigenvalue weighted by Gasteiger charge is 2.11. The van der Waals surface area contributed by atoms with E-state index in [4.69, 9.17) is 5.73 Å². The first-order valence-electron chi connectivity index (χ1n) is 8.60. The van der Waals surface area contributed by atoms with Crippen molar-refractivity contribution in [3.63, 3.8) is 0 Å². The van der Waals surface area contributed by atoms with Gasteiger partial charge in [0.15, 0.2) is 0 Å². The lowest BCUT2D eigenvalue weighted by molar-refractivity contribution is 0.832. The molecule has 3 aromatic carbocycles. The van der Waals surface area contributed by atoms with E-state index < -0.39 is 0 Å². The third-order valence-corrected chi connectivity index (χ3v) is 4.69. The van der Waals surface area contributed by atoms with Crippen molar-refractivity contribution in [2.45, 2.75) is 19.4 Å². The van der Waals surface area contributed by atoms with Gasteiger partial charge in [0.25, 0.3) is 0 Å². The second-order valence-electron chi connectivity index (χ2n) is 6.33. The van der Waals surface area contributed by atoms with Gasteiger partial charge in [-0.3, -0.25) is 0 Å². The van der Waals surface area contributed by atoms with Crippen LogP contribution in [-0.2, 0) is 13.0 Å². The molecule has 0 aliphatic heterocycles.